The zero-order valence-corrected chi connectivity index (χ0v) is 17.0. The summed E-state index contributed by atoms with van der Waals surface area (Å²) in [6.07, 6.45) is 1.30. The number of halogens is 2. The van der Waals surface area contributed by atoms with Crippen molar-refractivity contribution in [2.24, 2.45) is 4.99 Å². The van der Waals surface area contributed by atoms with E-state index in [0.717, 1.165) is 21.9 Å². The molecule has 0 spiro atoms. The largest absolute Gasteiger partial charge is 0.483 e. The summed E-state index contributed by atoms with van der Waals surface area (Å²) in [5.74, 6) is 0.449. The average Bonchev–Trinajstić information content (AvgIpc) is 2.74. The molecule has 0 saturated heterocycles. The van der Waals surface area contributed by atoms with E-state index in [9.17, 15) is 5.26 Å². The third-order valence-electron chi connectivity index (χ3n) is 4.74. The first-order valence-corrected chi connectivity index (χ1v) is 9.82. The molecule has 0 aliphatic carbocycles. The summed E-state index contributed by atoms with van der Waals surface area (Å²) in [6, 6.07) is 19.2. The van der Waals surface area contributed by atoms with E-state index in [-0.39, 0.29) is 5.88 Å². The summed E-state index contributed by atoms with van der Waals surface area (Å²) in [4.78, 5) is 4.28. The smallest absolute Gasteiger partial charge is 0.236 e. The molecule has 4 rings (SSSR count). The van der Waals surface area contributed by atoms with Gasteiger partial charge >= 0.3 is 0 Å². The minimum absolute atomic E-state index is 0.209. The molecule has 29 heavy (non-hydrogen) atoms. The zero-order chi connectivity index (χ0) is 20.4. The summed E-state index contributed by atoms with van der Waals surface area (Å²) in [5, 5.41) is 12.9. The van der Waals surface area contributed by atoms with Crippen molar-refractivity contribution in [3.05, 3.63) is 87.2 Å². The summed E-state index contributed by atoms with van der Waals surface area (Å²) in [5.41, 5.74) is 2.08. The standard InChI is InChI=1S/C23H16Cl2N2O2/c1-2-28-13-27-23-19(12-26)21(14-7-9-15(24)10-8-14)18-11-20(25)16-5-3-4-6-17(16)22(18)29-23/h3-11,13,21H,2H2,1H3/b27-13+. The number of nitrogens with zero attached hydrogens (tertiary/aromatic N) is 2. The number of benzene rings is 3. The molecule has 0 saturated carbocycles. The summed E-state index contributed by atoms with van der Waals surface area (Å²) in [7, 11) is 0. The number of aliphatic imine (C=N–C) groups is 1. The van der Waals surface area contributed by atoms with Crippen LogP contribution in [0.5, 0.6) is 5.75 Å². The Bertz CT molecular complexity index is 1180. The lowest BCUT2D eigenvalue weighted by atomic mass is 9.82. The molecule has 0 aromatic heterocycles. The van der Waals surface area contributed by atoms with E-state index in [0.29, 0.717) is 28.0 Å². The van der Waals surface area contributed by atoms with Crippen LogP contribution in [0.4, 0.5) is 0 Å². The second kappa shape index (κ2) is 8.16. The fourth-order valence-corrected chi connectivity index (χ4v) is 3.86. The van der Waals surface area contributed by atoms with E-state index >= 15 is 0 Å². The fraction of sp³-hybridized carbons (Fsp3) is 0.130. The van der Waals surface area contributed by atoms with Gasteiger partial charge in [-0.05, 0) is 30.7 Å². The quantitative estimate of drug-likeness (QED) is 0.357. The number of allylic oxidation sites excluding steroid dienone is 1. The lowest BCUT2D eigenvalue weighted by molar-refractivity contribution is 0.336. The molecule has 4 nitrogen and oxygen atoms in total. The molecule has 1 unspecified atom stereocenters. The lowest BCUT2D eigenvalue weighted by Gasteiger charge is -2.28. The predicted molar refractivity (Wildman–Crippen MR) is 116 cm³/mol. The van der Waals surface area contributed by atoms with Gasteiger partial charge < -0.3 is 9.47 Å². The molecule has 1 aliphatic heterocycles. The summed E-state index contributed by atoms with van der Waals surface area (Å²) in [6.45, 7) is 2.32. The molecule has 0 radical (unpaired) electrons. The molecule has 0 fully saturated rings. The van der Waals surface area contributed by atoms with Crippen molar-refractivity contribution in [1.82, 2.24) is 0 Å². The van der Waals surface area contributed by atoms with Gasteiger partial charge in [-0.25, -0.2) is 0 Å². The Hall–Kier alpha value is -3.00. The van der Waals surface area contributed by atoms with Gasteiger partial charge in [-0.3, -0.25) is 0 Å². The van der Waals surface area contributed by atoms with E-state index in [1.54, 1.807) is 12.1 Å². The van der Waals surface area contributed by atoms with Crippen LogP contribution in [-0.4, -0.2) is 13.0 Å². The molecule has 1 heterocycles. The van der Waals surface area contributed by atoms with E-state index in [1.165, 1.54) is 6.40 Å². The van der Waals surface area contributed by atoms with Crippen molar-refractivity contribution in [3.63, 3.8) is 0 Å². The molecular formula is C23H16Cl2N2O2. The highest BCUT2D eigenvalue weighted by Crippen LogP contribution is 2.48. The lowest BCUT2D eigenvalue weighted by Crippen LogP contribution is -2.16. The molecule has 6 heteroatoms. The van der Waals surface area contributed by atoms with E-state index in [4.69, 9.17) is 32.7 Å². The number of rotatable bonds is 4. The van der Waals surface area contributed by atoms with Crippen LogP contribution in [0, 0.1) is 11.3 Å². The maximum Gasteiger partial charge on any atom is 0.236 e. The third-order valence-corrected chi connectivity index (χ3v) is 5.30. The molecule has 3 aromatic carbocycles. The van der Waals surface area contributed by atoms with E-state index in [2.05, 4.69) is 11.1 Å². The first-order chi connectivity index (χ1) is 14.1. The van der Waals surface area contributed by atoms with Crippen LogP contribution in [0.25, 0.3) is 10.8 Å². The molecule has 0 amide bonds. The van der Waals surface area contributed by atoms with Crippen LogP contribution >= 0.6 is 23.2 Å². The highest BCUT2D eigenvalue weighted by atomic mass is 35.5. The number of hydrogen-bond acceptors (Lipinski definition) is 4. The van der Waals surface area contributed by atoms with Crippen molar-refractivity contribution in [3.8, 4) is 11.8 Å². The van der Waals surface area contributed by atoms with Crippen molar-refractivity contribution < 1.29 is 9.47 Å². The Kier molecular flexibility index (Phi) is 5.44. The predicted octanol–water partition coefficient (Wildman–Crippen LogP) is 6.47. The number of nitriles is 1. The Morgan fingerprint density at radius 3 is 2.55 bits per heavy atom. The Morgan fingerprint density at radius 1 is 1.14 bits per heavy atom. The van der Waals surface area contributed by atoms with Gasteiger partial charge in [0.15, 0.2) is 6.40 Å². The number of hydrogen-bond donors (Lipinski definition) is 0. The van der Waals surface area contributed by atoms with Crippen LogP contribution in [0.15, 0.2) is 71.0 Å². The van der Waals surface area contributed by atoms with Crippen molar-refractivity contribution >= 4 is 40.4 Å². The van der Waals surface area contributed by atoms with Crippen molar-refractivity contribution in [1.29, 1.82) is 5.26 Å². The van der Waals surface area contributed by atoms with Gasteiger partial charge in [0.25, 0.3) is 0 Å². The van der Waals surface area contributed by atoms with Crippen molar-refractivity contribution in [2.75, 3.05) is 6.61 Å². The Balaban J connectivity index is 2.00. The first kappa shape index (κ1) is 19.3. The van der Waals surface area contributed by atoms with Crippen LogP contribution in [0.3, 0.4) is 0 Å². The van der Waals surface area contributed by atoms with Gasteiger partial charge in [-0.2, -0.15) is 10.3 Å². The fourth-order valence-electron chi connectivity index (χ4n) is 3.45. The Labute approximate surface area is 178 Å². The SMILES string of the molecule is CCO/C=N/C1=C(C#N)C(c2ccc(Cl)cc2)c2cc(Cl)c3ccccc3c2O1. The molecule has 0 bridgehead atoms. The Morgan fingerprint density at radius 2 is 1.86 bits per heavy atom. The molecule has 1 aliphatic rings. The van der Waals surface area contributed by atoms with Gasteiger partial charge in [0.05, 0.1) is 12.5 Å². The maximum atomic E-state index is 9.95. The monoisotopic (exact) mass is 422 g/mol. The van der Waals surface area contributed by atoms with E-state index < -0.39 is 5.92 Å². The molecular weight excluding hydrogens is 407 g/mol. The molecule has 0 N–H and O–H groups in total. The van der Waals surface area contributed by atoms with Crippen LogP contribution in [0.2, 0.25) is 10.0 Å². The molecule has 144 valence electrons. The van der Waals surface area contributed by atoms with Gasteiger partial charge in [-0.15, -0.1) is 0 Å². The second-order valence-corrected chi connectivity index (χ2v) is 7.27. The highest BCUT2D eigenvalue weighted by molar-refractivity contribution is 6.36. The van der Waals surface area contributed by atoms with Crippen molar-refractivity contribution in [2.45, 2.75) is 12.8 Å². The minimum atomic E-state index is -0.392. The van der Waals surface area contributed by atoms with Crippen LogP contribution < -0.4 is 4.74 Å². The maximum absolute atomic E-state index is 9.95. The first-order valence-electron chi connectivity index (χ1n) is 9.07. The van der Waals surface area contributed by atoms with Gasteiger partial charge in [0, 0.05) is 26.4 Å². The topological polar surface area (TPSA) is 54.6 Å². The third kappa shape index (κ3) is 3.55. The van der Waals surface area contributed by atoms with Gasteiger partial charge in [0.1, 0.15) is 17.4 Å². The van der Waals surface area contributed by atoms with Gasteiger partial charge in [0.2, 0.25) is 5.88 Å². The zero-order valence-electron chi connectivity index (χ0n) is 15.5. The average molecular weight is 423 g/mol. The number of fused-ring (bicyclic) bond motifs is 3. The highest BCUT2D eigenvalue weighted by Gasteiger charge is 2.33. The van der Waals surface area contributed by atoms with Crippen LogP contribution in [-0.2, 0) is 4.74 Å². The normalized spacial score (nSPS) is 15.9. The summed E-state index contributed by atoms with van der Waals surface area (Å²) < 4.78 is 11.3. The number of ether oxygens (including phenoxy) is 2. The second-order valence-electron chi connectivity index (χ2n) is 6.43. The van der Waals surface area contributed by atoms with Gasteiger partial charge in [-0.1, -0.05) is 59.6 Å². The molecule has 1 atom stereocenters. The molecule has 3 aromatic rings. The van der Waals surface area contributed by atoms with Crippen LogP contribution in [0.1, 0.15) is 24.0 Å². The minimum Gasteiger partial charge on any atom is -0.483 e. The summed E-state index contributed by atoms with van der Waals surface area (Å²) >= 11 is 12.7. The van der Waals surface area contributed by atoms with E-state index in [1.807, 2.05) is 49.4 Å².